The van der Waals surface area contributed by atoms with Gasteiger partial charge in [-0.25, -0.2) is 8.80 Å². The molecule has 2 aromatic carbocycles. The zero-order valence-electron chi connectivity index (χ0n) is 23.5. The van der Waals surface area contributed by atoms with Gasteiger partial charge in [0.25, 0.3) is 0 Å². The lowest BCUT2D eigenvalue weighted by Crippen LogP contribution is -2.33. The van der Waals surface area contributed by atoms with Crippen LogP contribution < -0.4 is 0 Å². The number of hydrogen-bond acceptors (Lipinski definition) is 10. The molecule has 0 spiro atoms. The van der Waals surface area contributed by atoms with Gasteiger partial charge in [0.2, 0.25) is 5.78 Å². The number of hydrogen-bond donors (Lipinski definition) is 0. The summed E-state index contributed by atoms with van der Waals surface area (Å²) < 4.78 is 10.1. The summed E-state index contributed by atoms with van der Waals surface area (Å²) in [5.74, 6) is 0.741. The molecule has 0 saturated carbocycles. The highest BCUT2D eigenvalue weighted by atomic mass is 35.5. The fraction of sp³-hybridized carbons (Fsp3) is 0.267. The summed E-state index contributed by atoms with van der Waals surface area (Å²) in [6.45, 7) is 4.76. The minimum absolute atomic E-state index is 0.0421. The average molecular weight is 684 g/mol. The maximum absolute atomic E-state index is 13.0. The minimum Gasteiger partial charge on any atom is -0.369 e. The van der Waals surface area contributed by atoms with Crippen LogP contribution in [0.2, 0.25) is 10.0 Å². The van der Waals surface area contributed by atoms with Crippen molar-refractivity contribution < 1.29 is 14.3 Å². The first-order valence-corrected chi connectivity index (χ1v) is 17.3. The third-order valence-electron chi connectivity index (χ3n) is 7.80. The topological polar surface area (TPSA) is 104 Å². The van der Waals surface area contributed by atoms with Gasteiger partial charge in [-0.15, -0.1) is 31.7 Å². The Balaban J connectivity index is 1.32. The molecule has 44 heavy (non-hydrogen) atoms. The van der Waals surface area contributed by atoms with E-state index in [0.717, 1.165) is 27.9 Å². The number of carbonyl (C=O) groups is 2. The van der Waals surface area contributed by atoms with E-state index in [-0.39, 0.29) is 28.7 Å². The fourth-order valence-corrected chi connectivity index (χ4v) is 8.35. The van der Waals surface area contributed by atoms with Crippen LogP contribution in [0.5, 0.6) is 0 Å². The number of aromatic nitrogens is 6. The Morgan fingerprint density at radius 2 is 1.45 bits per heavy atom. The van der Waals surface area contributed by atoms with Gasteiger partial charge in [0.05, 0.1) is 29.1 Å². The Hall–Kier alpha value is -3.00. The van der Waals surface area contributed by atoms with Gasteiger partial charge >= 0.3 is 0 Å². The molecule has 1 aliphatic heterocycles. The predicted octanol–water partition coefficient (Wildman–Crippen LogP) is 7.48. The van der Waals surface area contributed by atoms with Crippen molar-refractivity contribution in [3.63, 3.8) is 0 Å². The second-order valence-electron chi connectivity index (χ2n) is 10.6. The lowest BCUT2D eigenvalue weighted by Gasteiger charge is -2.32. The maximum atomic E-state index is 13.0. The van der Waals surface area contributed by atoms with Crippen LogP contribution in [0.3, 0.4) is 0 Å². The summed E-state index contributed by atoms with van der Waals surface area (Å²) in [6, 6.07) is 13.7. The molecule has 9 nitrogen and oxygen atoms in total. The second-order valence-corrected chi connectivity index (χ2v) is 14.5. The van der Waals surface area contributed by atoms with Gasteiger partial charge in [-0.3, -0.25) is 9.59 Å². The van der Waals surface area contributed by atoms with E-state index in [0.29, 0.717) is 49.5 Å². The molecule has 0 amide bonds. The molecule has 14 heteroatoms. The van der Waals surface area contributed by atoms with E-state index in [1.165, 1.54) is 29.1 Å². The molecule has 0 aliphatic carbocycles. The quantitative estimate of drug-likeness (QED) is 0.113. The average Bonchev–Trinajstić information content (AvgIpc) is 3.74. The number of thioether (sulfide) groups is 2. The highest BCUT2D eigenvalue weighted by molar-refractivity contribution is 8.00. The molecule has 5 heterocycles. The maximum Gasteiger partial charge on any atom is 0.245 e. The second kappa shape index (κ2) is 11.7. The first kappa shape index (κ1) is 29.7. The third-order valence-corrected chi connectivity index (χ3v) is 11.3. The molecule has 1 unspecified atom stereocenters. The molecule has 4 aromatic heterocycles. The summed E-state index contributed by atoms with van der Waals surface area (Å²) in [5, 5.41) is 21.4. The number of carbonyl (C=O) groups excluding carboxylic acids is 2. The summed E-state index contributed by atoms with van der Waals surface area (Å²) in [4.78, 5) is 28.1. The fourth-order valence-electron chi connectivity index (χ4n) is 5.16. The van der Waals surface area contributed by atoms with Crippen LogP contribution in [0.25, 0.3) is 21.6 Å². The minimum atomic E-state index is -0.300. The van der Waals surface area contributed by atoms with E-state index in [9.17, 15) is 9.59 Å². The normalized spacial score (nSPS) is 16.6. The molecular weight excluding hydrogens is 659 g/mol. The number of ketones is 2. The monoisotopic (exact) mass is 682 g/mol. The number of benzene rings is 2. The van der Waals surface area contributed by atoms with Crippen molar-refractivity contribution in [3.05, 3.63) is 80.1 Å². The summed E-state index contributed by atoms with van der Waals surface area (Å²) in [5.41, 5.74) is 2.68. The number of nitrogens with zero attached hydrogens (tertiary/aromatic N) is 6. The SMILES string of the molecule is CCC1(C)Cc2c(sc3c2c2nnc(SCC(=O)c4ccc(Cl)cc4)n2c2nnc(SCC(=O)c4ccc(Cl)cc4)n32)CO1. The zero-order valence-corrected chi connectivity index (χ0v) is 27.5. The Morgan fingerprint density at radius 1 is 0.886 bits per heavy atom. The van der Waals surface area contributed by atoms with Crippen LogP contribution in [0, 0.1) is 0 Å². The van der Waals surface area contributed by atoms with E-state index >= 15 is 0 Å². The van der Waals surface area contributed by atoms with Crippen molar-refractivity contribution in [2.24, 2.45) is 0 Å². The van der Waals surface area contributed by atoms with Crippen LogP contribution in [0.15, 0.2) is 58.8 Å². The Kier molecular flexibility index (Phi) is 7.92. The lowest BCUT2D eigenvalue weighted by atomic mass is 9.90. The molecule has 224 valence electrons. The molecule has 0 radical (unpaired) electrons. The van der Waals surface area contributed by atoms with Gasteiger partial charge in [-0.05, 0) is 67.4 Å². The van der Waals surface area contributed by atoms with Crippen LogP contribution in [-0.2, 0) is 17.8 Å². The van der Waals surface area contributed by atoms with Gasteiger partial charge < -0.3 is 4.74 Å². The Morgan fingerprint density at radius 3 is 2.05 bits per heavy atom. The number of halogens is 2. The van der Waals surface area contributed by atoms with Crippen molar-refractivity contribution in [2.45, 2.75) is 49.2 Å². The smallest absolute Gasteiger partial charge is 0.245 e. The first-order valence-electron chi connectivity index (χ1n) is 13.8. The predicted molar refractivity (Wildman–Crippen MR) is 175 cm³/mol. The number of rotatable bonds is 9. The van der Waals surface area contributed by atoms with Gasteiger partial charge in [-0.1, -0.05) is 53.6 Å². The molecule has 0 saturated heterocycles. The molecule has 0 bridgehead atoms. The van der Waals surface area contributed by atoms with Crippen LogP contribution >= 0.6 is 58.1 Å². The van der Waals surface area contributed by atoms with Crippen molar-refractivity contribution in [3.8, 4) is 0 Å². The Labute approximate surface area is 274 Å². The number of ether oxygens (including phenoxy) is 1. The van der Waals surface area contributed by atoms with Crippen LogP contribution in [0.1, 0.15) is 51.4 Å². The summed E-state index contributed by atoms with van der Waals surface area (Å²) in [6.07, 6.45) is 1.59. The summed E-state index contributed by atoms with van der Waals surface area (Å²) in [7, 11) is 0. The highest BCUT2D eigenvalue weighted by Crippen LogP contribution is 2.43. The van der Waals surface area contributed by atoms with Crippen LogP contribution in [-0.4, -0.2) is 57.9 Å². The van der Waals surface area contributed by atoms with E-state index < -0.39 is 0 Å². The highest BCUT2D eigenvalue weighted by Gasteiger charge is 2.34. The summed E-state index contributed by atoms with van der Waals surface area (Å²) >= 11 is 16.2. The molecular formula is C30H24Cl2N6O3S3. The van der Waals surface area contributed by atoms with E-state index in [4.69, 9.17) is 27.9 Å². The van der Waals surface area contributed by atoms with Crippen LogP contribution in [0.4, 0.5) is 0 Å². The molecule has 1 aliphatic rings. The number of Topliss-reactive ketones (excluding diaryl/α,β-unsaturated/α-hetero) is 2. The first-order chi connectivity index (χ1) is 21.2. The van der Waals surface area contributed by atoms with E-state index in [1.807, 2.05) is 8.80 Å². The van der Waals surface area contributed by atoms with Crippen molar-refractivity contribution in [1.29, 1.82) is 0 Å². The van der Waals surface area contributed by atoms with E-state index in [1.54, 1.807) is 59.9 Å². The Bertz CT molecular complexity index is 2070. The molecule has 7 rings (SSSR count). The van der Waals surface area contributed by atoms with Gasteiger partial charge in [-0.2, -0.15) is 0 Å². The molecule has 6 aromatic rings. The van der Waals surface area contributed by atoms with Gasteiger partial charge in [0.1, 0.15) is 4.83 Å². The van der Waals surface area contributed by atoms with E-state index in [2.05, 4.69) is 34.2 Å². The van der Waals surface area contributed by atoms with Crippen molar-refractivity contribution >= 4 is 91.3 Å². The van der Waals surface area contributed by atoms with Crippen molar-refractivity contribution in [2.75, 3.05) is 11.5 Å². The number of fused-ring (bicyclic) bond motifs is 8. The third kappa shape index (κ3) is 5.31. The molecule has 0 N–H and O–H groups in total. The zero-order chi connectivity index (χ0) is 30.6. The molecule has 0 fully saturated rings. The van der Waals surface area contributed by atoms with Gasteiger partial charge in [0.15, 0.2) is 27.5 Å². The molecule has 1 atom stereocenters. The standard InChI is InChI=1S/C30H24Cl2N6O3S3/c1-3-30(2)12-20-23(13-41-30)44-26-24(20)25-33-35-28(42-14-21(39)16-4-8-18(31)9-5-16)37(25)27-34-36-29(38(26)27)43-15-22(40)17-6-10-19(32)11-7-17/h4-11H,3,12-15H2,1-2H3. The van der Waals surface area contributed by atoms with Crippen molar-refractivity contribution in [1.82, 2.24) is 29.2 Å². The largest absolute Gasteiger partial charge is 0.369 e. The van der Waals surface area contributed by atoms with Gasteiger partial charge in [0, 0.05) is 32.5 Å². The number of thiophene rings is 1. The lowest BCUT2D eigenvalue weighted by molar-refractivity contribution is -0.0542.